The van der Waals surface area contributed by atoms with Crippen molar-refractivity contribution in [2.75, 3.05) is 18.0 Å². The first-order valence-electron chi connectivity index (χ1n) is 7.73. The van der Waals surface area contributed by atoms with Crippen LogP contribution >= 0.6 is 0 Å². The number of hydrogen-bond donors (Lipinski definition) is 0. The summed E-state index contributed by atoms with van der Waals surface area (Å²) < 4.78 is 0. The Morgan fingerprint density at radius 1 is 0.957 bits per heavy atom. The average Bonchev–Trinajstić information content (AvgIpc) is 2.93. The molecule has 0 radical (unpaired) electrons. The van der Waals surface area contributed by atoms with Gasteiger partial charge in [-0.05, 0) is 24.6 Å². The number of rotatable bonds is 2. The van der Waals surface area contributed by atoms with Crippen molar-refractivity contribution in [3.8, 4) is 0 Å². The fourth-order valence-electron chi connectivity index (χ4n) is 3.36. The summed E-state index contributed by atoms with van der Waals surface area (Å²) >= 11 is 0. The molecule has 4 rings (SSSR count). The highest BCUT2D eigenvalue weighted by molar-refractivity contribution is 6.28. The molecule has 4 heteroatoms. The van der Waals surface area contributed by atoms with Gasteiger partial charge in [-0.2, -0.15) is 0 Å². The molecule has 0 spiro atoms. The fraction of sp³-hybridized carbons (Fsp3) is 0.158. The van der Waals surface area contributed by atoms with Crippen molar-refractivity contribution in [3.05, 3.63) is 71.5 Å². The summed E-state index contributed by atoms with van der Waals surface area (Å²) in [5.74, 6) is 0.721. The number of anilines is 1. The molecule has 0 fully saturated rings. The molecular formula is C19H16N2O2. The Balaban J connectivity index is 1.99. The van der Waals surface area contributed by atoms with Crippen LogP contribution in [0.4, 0.5) is 5.69 Å². The van der Waals surface area contributed by atoms with Crippen LogP contribution in [0.1, 0.15) is 22.8 Å². The van der Waals surface area contributed by atoms with Crippen LogP contribution in [0, 0.1) is 0 Å². The third-order valence-corrected chi connectivity index (χ3v) is 4.36. The molecule has 2 aromatic carbocycles. The highest BCUT2D eigenvalue weighted by Crippen LogP contribution is 2.40. The second-order valence-electron chi connectivity index (χ2n) is 5.64. The van der Waals surface area contributed by atoms with Gasteiger partial charge in [0.15, 0.2) is 5.78 Å². The van der Waals surface area contributed by atoms with E-state index in [2.05, 4.69) is 0 Å². The van der Waals surface area contributed by atoms with Gasteiger partial charge < -0.3 is 4.90 Å². The van der Waals surface area contributed by atoms with E-state index in [0.717, 1.165) is 11.3 Å². The second-order valence-corrected chi connectivity index (χ2v) is 5.64. The van der Waals surface area contributed by atoms with Crippen molar-refractivity contribution in [1.82, 2.24) is 4.90 Å². The van der Waals surface area contributed by atoms with Crippen LogP contribution in [0.15, 0.2) is 60.4 Å². The van der Waals surface area contributed by atoms with Crippen LogP contribution in [-0.4, -0.2) is 29.7 Å². The highest BCUT2D eigenvalue weighted by Gasteiger charge is 2.41. The maximum absolute atomic E-state index is 12.8. The average molecular weight is 304 g/mol. The smallest absolute Gasteiger partial charge is 0.261 e. The SMILES string of the molecule is CCN1C(=O)c2ccccc2N2CC(=O)C(c3ccccc3)=C12. The first-order valence-corrected chi connectivity index (χ1v) is 7.73. The van der Waals surface area contributed by atoms with Crippen molar-refractivity contribution in [2.24, 2.45) is 0 Å². The summed E-state index contributed by atoms with van der Waals surface area (Å²) in [5.41, 5.74) is 2.97. The third-order valence-electron chi connectivity index (χ3n) is 4.36. The molecule has 4 nitrogen and oxygen atoms in total. The summed E-state index contributed by atoms with van der Waals surface area (Å²) in [4.78, 5) is 29.2. The van der Waals surface area contributed by atoms with Gasteiger partial charge in [-0.25, -0.2) is 0 Å². The van der Waals surface area contributed by atoms with Gasteiger partial charge in [0.25, 0.3) is 5.91 Å². The minimum atomic E-state index is -0.0440. The number of nitrogens with zero attached hydrogens (tertiary/aromatic N) is 2. The molecule has 0 N–H and O–H groups in total. The lowest BCUT2D eigenvalue weighted by atomic mass is 10.0. The normalized spacial score (nSPS) is 16.7. The number of carbonyl (C=O) groups is 2. The lowest BCUT2D eigenvalue weighted by Gasteiger charge is -2.36. The molecule has 2 aliphatic heterocycles. The largest absolute Gasteiger partial charge is 0.318 e. The van der Waals surface area contributed by atoms with E-state index >= 15 is 0 Å². The van der Waals surface area contributed by atoms with Crippen molar-refractivity contribution >= 4 is 23.0 Å². The molecule has 0 saturated carbocycles. The van der Waals surface area contributed by atoms with E-state index in [1.165, 1.54) is 0 Å². The molecule has 114 valence electrons. The summed E-state index contributed by atoms with van der Waals surface area (Å²) in [6.45, 7) is 2.74. The molecule has 0 unspecified atom stereocenters. The predicted molar refractivity (Wildman–Crippen MR) is 88.9 cm³/mol. The molecular weight excluding hydrogens is 288 g/mol. The Kier molecular flexibility index (Phi) is 3.05. The first kappa shape index (κ1) is 13.8. The minimum Gasteiger partial charge on any atom is -0.318 e. The van der Waals surface area contributed by atoms with Crippen LogP contribution in [0.25, 0.3) is 5.57 Å². The number of carbonyl (C=O) groups excluding carboxylic acids is 2. The standard InChI is InChI=1S/C19H16N2O2/c1-2-20-18-17(13-8-4-3-5-9-13)16(22)12-21(18)15-11-7-6-10-14(15)19(20)23/h3-11H,2,12H2,1H3. The number of para-hydroxylation sites is 1. The number of amides is 1. The highest BCUT2D eigenvalue weighted by atomic mass is 16.2. The van der Waals surface area contributed by atoms with Gasteiger partial charge in [-0.3, -0.25) is 14.5 Å². The van der Waals surface area contributed by atoms with Gasteiger partial charge in [0.1, 0.15) is 5.82 Å². The molecule has 0 aromatic heterocycles. The maximum atomic E-state index is 12.8. The molecule has 2 aromatic rings. The second kappa shape index (κ2) is 5.09. The molecule has 0 aliphatic carbocycles. The quantitative estimate of drug-likeness (QED) is 0.856. The van der Waals surface area contributed by atoms with E-state index in [4.69, 9.17) is 0 Å². The number of hydrogen-bond acceptors (Lipinski definition) is 3. The van der Waals surface area contributed by atoms with Crippen LogP contribution < -0.4 is 4.90 Å². The topological polar surface area (TPSA) is 40.6 Å². The Labute approximate surface area is 134 Å². The van der Waals surface area contributed by atoms with Crippen molar-refractivity contribution < 1.29 is 9.59 Å². The zero-order chi connectivity index (χ0) is 16.0. The van der Waals surface area contributed by atoms with Crippen LogP contribution in [-0.2, 0) is 4.79 Å². The minimum absolute atomic E-state index is 0.0440. The summed E-state index contributed by atoms with van der Waals surface area (Å²) in [6, 6.07) is 17.1. The van der Waals surface area contributed by atoms with Gasteiger partial charge in [-0.15, -0.1) is 0 Å². The predicted octanol–water partition coefficient (Wildman–Crippen LogP) is 2.92. The molecule has 0 saturated heterocycles. The van der Waals surface area contributed by atoms with Crippen molar-refractivity contribution in [2.45, 2.75) is 6.92 Å². The zero-order valence-corrected chi connectivity index (χ0v) is 12.8. The molecule has 0 atom stereocenters. The van der Waals surface area contributed by atoms with Gasteiger partial charge >= 0.3 is 0 Å². The summed E-state index contributed by atoms with van der Waals surface area (Å²) in [7, 11) is 0. The number of benzene rings is 2. The van der Waals surface area contributed by atoms with Crippen LogP contribution in [0.5, 0.6) is 0 Å². The lowest BCUT2D eigenvalue weighted by Crippen LogP contribution is -2.43. The lowest BCUT2D eigenvalue weighted by molar-refractivity contribution is -0.112. The van der Waals surface area contributed by atoms with E-state index in [1.807, 2.05) is 66.4 Å². The Morgan fingerprint density at radius 2 is 1.65 bits per heavy atom. The van der Waals surface area contributed by atoms with Gasteiger partial charge in [0.05, 0.1) is 23.4 Å². The zero-order valence-electron chi connectivity index (χ0n) is 12.8. The van der Waals surface area contributed by atoms with Gasteiger partial charge in [0.2, 0.25) is 0 Å². The Bertz CT molecular complexity index is 839. The molecule has 2 aliphatic rings. The Morgan fingerprint density at radius 3 is 2.39 bits per heavy atom. The molecule has 2 heterocycles. The molecule has 1 amide bonds. The summed E-state index contributed by atoms with van der Waals surface area (Å²) in [6.07, 6.45) is 0. The summed E-state index contributed by atoms with van der Waals surface area (Å²) in [5, 5.41) is 0. The van der Waals surface area contributed by atoms with E-state index < -0.39 is 0 Å². The van der Waals surface area contributed by atoms with E-state index in [-0.39, 0.29) is 18.2 Å². The van der Waals surface area contributed by atoms with Crippen molar-refractivity contribution in [3.63, 3.8) is 0 Å². The van der Waals surface area contributed by atoms with Gasteiger partial charge in [0, 0.05) is 6.54 Å². The van der Waals surface area contributed by atoms with Crippen LogP contribution in [0.2, 0.25) is 0 Å². The van der Waals surface area contributed by atoms with E-state index in [9.17, 15) is 9.59 Å². The maximum Gasteiger partial charge on any atom is 0.261 e. The van der Waals surface area contributed by atoms with E-state index in [0.29, 0.717) is 23.5 Å². The van der Waals surface area contributed by atoms with Crippen LogP contribution in [0.3, 0.4) is 0 Å². The molecule has 0 bridgehead atoms. The molecule has 23 heavy (non-hydrogen) atoms. The van der Waals surface area contributed by atoms with E-state index in [1.54, 1.807) is 4.90 Å². The number of fused-ring (bicyclic) bond motifs is 3. The first-order chi connectivity index (χ1) is 11.2. The Hall–Kier alpha value is -2.88. The number of ketones is 1. The van der Waals surface area contributed by atoms with Crippen molar-refractivity contribution in [1.29, 1.82) is 0 Å². The van der Waals surface area contributed by atoms with Gasteiger partial charge in [-0.1, -0.05) is 42.5 Å². The number of Topliss-reactive ketones (excluding diaryl/α,β-unsaturated/α-hetero) is 1. The monoisotopic (exact) mass is 304 g/mol. The third kappa shape index (κ3) is 1.91. The fourth-order valence-corrected chi connectivity index (χ4v) is 3.36.